The van der Waals surface area contributed by atoms with E-state index in [1.54, 1.807) is 0 Å². The van der Waals surface area contributed by atoms with Crippen LogP contribution in [0.2, 0.25) is 0 Å². The molecule has 0 nitrogen and oxygen atoms in total. The van der Waals surface area contributed by atoms with Crippen molar-refractivity contribution in [2.75, 3.05) is 0 Å². The molecule has 1 heteroatoms. The molecule has 1 unspecified atom stereocenters. The summed E-state index contributed by atoms with van der Waals surface area (Å²) < 4.78 is 0. The van der Waals surface area contributed by atoms with Crippen LogP contribution in [-0.4, -0.2) is 0 Å². The second kappa shape index (κ2) is 22.2. The van der Waals surface area contributed by atoms with E-state index in [4.69, 9.17) is 0 Å². The van der Waals surface area contributed by atoms with Gasteiger partial charge in [0, 0.05) is 25.8 Å². The number of rotatable bonds is 5. The summed E-state index contributed by atoms with van der Waals surface area (Å²) in [5, 5.41) is 0. The molecule has 1 atom stereocenters. The van der Waals surface area contributed by atoms with Gasteiger partial charge in [-0.25, -0.2) is 18.2 Å². The Bertz CT molecular complexity index is 479. The smallest absolute Gasteiger partial charge is 0 e. The number of hydrogen-bond donors (Lipinski definition) is 0. The summed E-state index contributed by atoms with van der Waals surface area (Å²) in [5.74, 6) is 0.568. The molecule has 0 aliphatic heterocycles. The quantitative estimate of drug-likeness (QED) is 0.213. The van der Waals surface area contributed by atoms with E-state index in [0.29, 0.717) is 5.92 Å². The van der Waals surface area contributed by atoms with Crippen LogP contribution in [0.15, 0.2) is 54.6 Å². The zero-order valence-electron chi connectivity index (χ0n) is 17.9. The Morgan fingerprint density at radius 2 is 1.46 bits per heavy atom. The van der Waals surface area contributed by atoms with Crippen molar-refractivity contribution >= 4 is 6.08 Å². The van der Waals surface area contributed by atoms with Gasteiger partial charge in [-0.3, -0.25) is 6.08 Å². The van der Waals surface area contributed by atoms with Gasteiger partial charge in [-0.15, -0.1) is 11.6 Å². The van der Waals surface area contributed by atoms with Crippen molar-refractivity contribution < 1.29 is 25.8 Å². The van der Waals surface area contributed by atoms with Gasteiger partial charge >= 0.3 is 0 Å². The predicted octanol–water partition coefficient (Wildman–Crippen LogP) is 8.23. The molecule has 0 fully saturated rings. The van der Waals surface area contributed by atoms with Crippen LogP contribution in [-0.2, 0) is 25.8 Å². The Kier molecular flexibility index (Phi) is 30.9. The number of fused-ring (bicyclic) bond motifs is 1. The minimum Gasteiger partial charge on any atom is -0.358 e. The summed E-state index contributed by atoms with van der Waals surface area (Å²) in [6, 6.07) is 18.7. The molecule has 1 aliphatic rings. The van der Waals surface area contributed by atoms with E-state index < -0.39 is 0 Å². The molecule has 0 N–H and O–H groups in total. The third-order valence-corrected chi connectivity index (χ3v) is 3.71. The summed E-state index contributed by atoms with van der Waals surface area (Å²) in [4.78, 5) is 0. The minimum atomic E-state index is 0. The van der Waals surface area contributed by atoms with Gasteiger partial charge in [-0.2, -0.15) is 23.8 Å². The van der Waals surface area contributed by atoms with Gasteiger partial charge in [0.1, 0.15) is 0 Å². The number of allylic oxidation sites excluding steroid dienone is 1. The Balaban J connectivity index is -0.000000118. The Morgan fingerprint density at radius 1 is 0.846 bits per heavy atom. The molecule has 2 aromatic rings. The summed E-state index contributed by atoms with van der Waals surface area (Å²) in [7, 11) is 0. The van der Waals surface area contributed by atoms with Crippen molar-refractivity contribution in [1.29, 1.82) is 0 Å². The first-order chi connectivity index (χ1) is 9.92. The van der Waals surface area contributed by atoms with Crippen molar-refractivity contribution in [3.05, 3.63) is 109 Å². The molecule has 0 spiro atoms. The molecule has 0 radical (unpaired) electrons. The van der Waals surface area contributed by atoms with Crippen molar-refractivity contribution in [2.45, 2.75) is 44.9 Å². The maximum atomic E-state index is 3.47. The SMILES string of the molecule is CCCCCCC1[C-]=Cc2ccccc21.[CH3-].[CH3-].[CH3-].[CH3-].[CH3-].[Hf].c1cc[cH-]c1. The van der Waals surface area contributed by atoms with Crippen molar-refractivity contribution in [3.8, 4) is 0 Å². The van der Waals surface area contributed by atoms with E-state index in [9.17, 15) is 0 Å². The Morgan fingerprint density at radius 3 is 2.00 bits per heavy atom. The molecule has 0 saturated carbocycles. The van der Waals surface area contributed by atoms with Crippen LogP contribution < -0.4 is 0 Å². The first kappa shape index (κ1) is 36.2. The van der Waals surface area contributed by atoms with Crippen LogP contribution in [0, 0.1) is 43.2 Å². The first-order valence-corrected chi connectivity index (χ1v) is 7.76. The summed E-state index contributed by atoms with van der Waals surface area (Å²) in [5.41, 5.74) is 2.85. The second-order valence-electron chi connectivity index (χ2n) is 5.30. The third kappa shape index (κ3) is 12.5. The molecule has 2 aromatic carbocycles. The average molecular weight is 518 g/mol. The molecule has 0 amide bonds. The third-order valence-electron chi connectivity index (χ3n) is 3.71. The zero-order valence-corrected chi connectivity index (χ0v) is 21.5. The van der Waals surface area contributed by atoms with Gasteiger partial charge in [0.05, 0.1) is 0 Å². The fraction of sp³-hybridized carbons (Fsp3) is 0.280. The number of hydrogen-bond acceptors (Lipinski definition) is 0. The molecule has 0 heterocycles. The predicted molar refractivity (Wildman–Crippen MR) is 120 cm³/mol. The molecule has 26 heavy (non-hydrogen) atoms. The summed E-state index contributed by atoms with van der Waals surface area (Å²) >= 11 is 0. The topological polar surface area (TPSA) is 0 Å². The van der Waals surface area contributed by atoms with Crippen molar-refractivity contribution in [1.82, 2.24) is 0 Å². The monoisotopic (exact) mass is 519 g/mol. The molecule has 0 saturated heterocycles. The summed E-state index contributed by atoms with van der Waals surface area (Å²) in [6.07, 6.45) is 12.3. The van der Waals surface area contributed by atoms with Gasteiger partial charge < -0.3 is 37.1 Å². The van der Waals surface area contributed by atoms with E-state index in [0.717, 1.165) is 0 Å². The molecule has 3 rings (SSSR count). The van der Waals surface area contributed by atoms with Gasteiger partial charge in [0.25, 0.3) is 0 Å². The normalized spacial score (nSPS) is 12.0. The van der Waals surface area contributed by atoms with Crippen molar-refractivity contribution in [3.63, 3.8) is 0 Å². The largest absolute Gasteiger partial charge is 0.358 e. The van der Waals surface area contributed by atoms with Gasteiger partial charge in [-0.1, -0.05) is 63.1 Å². The van der Waals surface area contributed by atoms with Crippen molar-refractivity contribution in [2.24, 2.45) is 0 Å². The molecular weight excluding hydrogens is 479 g/mol. The van der Waals surface area contributed by atoms with E-state index in [1.807, 2.05) is 30.3 Å². The molecule has 0 bridgehead atoms. The first-order valence-electron chi connectivity index (χ1n) is 7.76. The second-order valence-corrected chi connectivity index (χ2v) is 5.30. The zero-order chi connectivity index (χ0) is 14.0. The fourth-order valence-corrected chi connectivity index (χ4v) is 2.57. The molecule has 1 aliphatic carbocycles. The van der Waals surface area contributed by atoms with Gasteiger partial charge in [-0.05, 0) is 0 Å². The number of benzene rings is 1. The molecule has 150 valence electrons. The summed E-state index contributed by atoms with van der Waals surface area (Å²) in [6.45, 7) is 2.26. The van der Waals surface area contributed by atoms with Crippen LogP contribution in [0.25, 0.3) is 6.08 Å². The van der Waals surface area contributed by atoms with E-state index in [2.05, 4.69) is 43.3 Å². The van der Waals surface area contributed by atoms with Crippen LogP contribution in [0.5, 0.6) is 0 Å². The average Bonchev–Trinajstić information content (AvgIpc) is 3.17. The number of unbranched alkanes of at least 4 members (excludes halogenated alkanes) is 3. The van der Waals surface area contributed by atoms with Gasteiger partial charge in [0.15, 0.2) is 0 Å². The van der Waals surface area contributed by atoms with E-state index >= 15 is 0 Å². The standard InChI is InChI=1S/C15H19.C5H5.5CH3.Hf/c1-2-3-4-5-8-13-11-12-14-9-6-7-10-15(13)14;1-2-4-5-3-1;;;;;;/h6-7,9-10,12-13H,2-5,8H2,1H3;1-5H;5*1H3;/q7*-1;. The minimum absolute atomic E-state index is 0. The Hall–Kier alpha value is -0.820. The maximum absolute atomic E-state index is 3.47. The van der Waals surface area contributed by atoms with Crippen LogP contribution in [0.4, 0.5) is 0 Å². The molecular formula is C25H39Hf-7. The van der Waals surface area contributed by atoms with E-state index in [1.165, 1.54) is 43.2 Å². The van der Waals surface area contributed by atoms with Crippen LogP contribution in [0.3, 0.4) is 0 Å². The van der Waals surface area contributed by atoms with Crippen LogP contribution in [0.1, 0.15) is 56.1 Å². The van der Waals surface area contributed by atoms with Crippen LogP contribution >= 0.6 is 0 Å². The molecule has 0 aromatic heterocycles. The fourth-order valence-electron chi connectivity index (χ4n) is 2.57. The maximum Gasteiger partial charge on any atom is 0 e. The van der Waals surface area contributed by atoms with E-state index in [-0.39, 0.29) is 63.0 Å². The van der Waals surface area contributed by atoms with Gasteiger partial charge in [0.2, 0.25) is 0 Å². The Labute approximate surface area is 185 Å².